The molecule has 118 valence electrons. The van der Waals surface area contributed by atoms with Gasteiger partial charge in [0.25, 0.3) is 5.91 Å². The van der Waals surface area contributed by atoms with Crippen molar-refractivity contribution in [1.29, 1.82) is 0 Å². The lowest BCUT2D eigenvalue weighted by Gasteiger charge is -2.07. The zero-order valence-corrected chi connectivity index (χ0v) is 14.2. The third-order valence-corrected chi connectivity index (χ3v) is 4.17. The van der Waals surface area contributed by atoms with Gasteiger partial charge in [0.1, 0.15) is 5.15 Å². The number of aryl methyl sites for hydroxylation is 2. The van der Waals surface area contributed by atoms with Crippen LogP contribution in [0.4, 0.5) is 0 Å². The Hall–Kier alpha value is -1.52. The summed E-state index contributed by atoms with van der Waals surface area (Å²) in [4.78, 5) is 12.4. The number of nitrogens with zero attached hydrogens (tertiary/aromatic N) is 2. The molecule has 0 atom stereocenters. The van der Waals surface area contributed by atoms with E-state index in [2.05, 4.69) is 17.3 Å². The monoisotopic (exact) mass is 339 g/mol. The first-order valence-corrected chi connectivity index (χ1v) is 8.04. The van der Waals surface area contributed by atoms with Crippen molar-refractivity contribution >= 4 is 29.1 Å². The first kappa shape index (κ1) is 16.8. The lowest BCUT2D eigenvalue weighted by molar-refractivity contribution is 0.0950. The highest BCUT2D eigenvalue weighted by molar-refractivity contribution is 6.33. The van der Waals surface area contributed by atoms with E-state index in [1.165, 1.54) is 0 Å². The molecule has 1 aromatic heterocycles. The second kappa shape index (κ2) is 7.65. The van der Waals surface area contributed by atoms with Gasteiger partial charge in [-0.05, 0) is 25.0 Å². The number of hydrogen-bond donors (Lipinski definition) is 1. The van der Waals surface area contributed by atoms with Crippen LogP contribution in [0.5, 0.6) is 0 Å². The highest BCUT2D eigenvalue weighted by Crippen LogP contribution is 2.21. The van der Waals surface area contributed by atoms with Gasteiger partial charge in [0.05, 0.1) is 11.3 Å². The summed E-state index contributed by atoms with van der Waals surface area (Å²) >= 11 is 12.4. The number of carbonyl (C=O) groups is 1. The summed E-state index contributed by atoms with van der Waals surface area (Å²) in [7, 11) is 0. The molecule has 0 fully saturated rings. The lowest BCUT2D eigenvalue weighted by Crippen LogP contribution is -2.23. The van der Waals surface area contributed by atoms with Gasteiger partial charge in [0.15, 0.2) is 0 Å². The van der Waals surface area contributed by atoms with Crippen LogP contribution in [0.1, 0.15) is 41.4 Å². The second-order valence-electron chi connectivity index (χ2n) is 5.10. The number of amides is 1. The van der Waals surface area contributed by atoms with Crippen LogP contribution in [0.3, 0.4) is 0 Å². The quantitative estimate of drug-likeness (QED) is 0.855. The minimum Gasteiger partial charge on any atom is -0.348 e. The molecule has 0 unspecified atom stereocenters. The Morgan fingerprint density at radius 3 is 2.73 bits per heavy atom. The average Bonchev–Trinajstić information content (AvgIpc) is 2.78. The van der Waals surface area contributed by atoms with Crippen LogP contribution in [-0.4, -0.2) is 15.7 Å². The van der Waals surface area contributed by atoms with Crippen LogP contribution >= 0.6 is 23.2 Å². The highest BCUT2D eigenvalue weighted by Gasteiger charge is 2.20. The fourth-order valence-electron chi connectivity index (χ4n) is 2.17. The summed E-state index contributed by atoms with van der Waals surface area (Å²) in [6.45, 7) is 4.96. The van der Waals surface area contributed by atoms with Crippen molar-refractivity contribution < 1.29 is 4.79 Å². The number of unbranched alkanes of at least 4 members (excludes halogenated alkanes) is 1. The van der Waals surface area contributed by atoms with Crippen LogP contribution in [0, 0.1) is 6.92 Å². The Kier molecular flexibility index (Phi) is 5.86. The van der Waals surface area contributed by atoms with Gasteiger partial charge in [0.2, 0.25) is 0 Å². The minimum atomic E-state index is -0.231. The van der Waals surface area contributed by atoms with Crippen LogP contribution in [0.25, 0.3) is 0 Å². The largest absolute Gasteiger partial charge is 0.348 e. The summed E-state index contributed by atoms with van der Waals surface area (Å²) in [6.07, 6.45) is 2.02. The van der Waals surface area contributed by atoms with Gasteiger partial charge in [-0.15, -0.1) is 0 Å². The highest BCUT2D eigenvalue weighted by atomic mass is 35.5. The third kappa shape index (κ3) is 3.81. The summed E-state index contributed by atoms with van der Waals surface area (Å²) in [6, 6.07) is 7.41. The minimum absolute atomic E-state index is 0.231. The maximum absolute atomic E-state index is 12.4. The summed E-state index contributed by atoms with van der Waals surface area (Å²) in [5, 5.41) is 8.21. The molecule has 0 radical (unpaired) electrons. The lowest BCUT2D eigenvalue weighted by atomic mass is 10.2. The number of benzene rings is 1. The van der Waals surface area contributed by atoms with Crippen molar-refractivity contribution in [2.75, 3.05) is 0 Å². The number of carbonyl (C=O) groups excluding carboxylic acids is 1. The van der Waals surface area contributed by atoms with Crippen molar-refractivity contribution in [2.45, 2.75) is 39.8 Å². The molecule has 0 aliphatic carbocycles. The van der Waals surface area contributed by atoms with Crippen molar-refractivity contribution in [1.82, 2.24) is 15.1 Å². The van der Waals surface area contributed by atoms with Gasteiger partial charge < -0.3 is 5.32 Å². The van der Waals surface area contributed by atoms with Crippen LogP contribution in [0.2, 0.25) is 10.2 Å². The summed E-state index contributed by atoms with van der Waals surface area (Å²) in [5.74, 6) is -0.231. The molecule has 2 rings (SSSR count). The molecular formula is C16H19Cl2N3O. The predicted octanol–water partition coefficient (Wildman–Crippen LogP) is 4.23. The van der Waals surface area contributed by atoms with Crippen molar-refractivity contribution in [2.24, 2.45) is 0 Å². The summed E-state index contributed by atoms with van der Waals surface area (Å²) < 4.78 is 1.69. The first-order valence-electron chi connectivity index (χ1n) is 7.29. The molecule has 1 heterocycles. The van der Waals surface area contributed by atoms with Crippen molar-refractivity contribution in [3.8, 4) is 0 Å². The molecule has 0 aliphatic rings. The van der Waals surface area contributed by atoms with E-state index in [4.69, 9.17) is 23.2 Å². The van der Waals surface area contributed by atoms with Gasteiger partial charge in [-0.1, -0.05) is 54.7 Å². The maximum atomic E-state index is 12.4. The van der Waals surface area contributed by atoms with E-state index in [1.54, 1.807) is 17.7 Å². The number of halogens is 2. The fourth-order valence-corrected chi connectivity index (χ4v) is 2.72. The van der Waals surface area contributed by atoms with Gasteiger partial charge in [-0.2, -0.15) is 5.10 Å². The molecule has 0 aliphatic heterocycles. The molecule has 22 heavy (non-hydrogen) atoms. The van der Waals surface area contributed by atoms with E-state index in [0.29, 0.717) is 34.5 Å². The predicted molar refractivity (Wildman–Crippen MR) is 89.5 cm³/mol. The first-order chi connectivity index (χ1) is 10.5. The Morgan fingerprint density at radius 2 is 2.05 bits per heavy atom. The normalized spacial score (nSPS) is 10.7. The standard InChI is InChI=1S/C16H19Cl2N3O/c1-3-4-9-21-15(18)14(11(2)20-21)16(22)19-10-12-7-5-6-8-13(12)17/h5-8H,3-4,9-10H2,1-2H3,(H,19,22). The molecule has 0 spiro atoms. The number of rotatable bonds is 6. The van der Waals surface area contributed by atoms with E-state index in [9.17, 15) is 4.79 Å². The molecular weight excluding hydrogens is 321 g/mol. The van der Waals surface area contributed by atoms with Crippen LogP contribution in [0.15, 0.2) is 24.3 Å². The molecule has 1 aromatic carbocycles. The van der Waals surface area contributed by atoms with Gasteiger partial charge in [-0.3, -0.25) is 9.48 Å². The second-order valence-corrected chi connectivity index (χ2v) is 5.87. The van der Waals surface area contributed by atoms with Crippen molar-refractivity contribution in [3.63, 3.8) is 0 Å². The van der Waals surface area contributed by atoms with E-state index in [-0.39, 0.29) is 5.91 Å². The number of hydrogen-bond acceptors (Lipinski definition) is 2. The smallest absolute Gasteiger partial charge is 0.256 e. The van der Waals surface area contributed by atoms with Gasteiger partial charge >= 0.3 is 0 Å². The Labute approximate surface area is 140 Å². The van der Waals surface area contributed by atoms with Crippen LogP contribution in [-0.2, 0) is 13.1 Å². The molecule has 0 saturated carbocycles. The third-order valence-electron chi connectivity index (χ3n) is 3.41. The van der Waals surface area contributed by atoms with Gasteiger partial charge in [-0.25, -0.2) is 0 Å². The maximum Gasteiger partial charge on any atom is 0.256 e. The Morgan fingerprint density at radius 1 is 1.32 bits per heavy atom. The molecule has 1 N–H and O–H groups in total. The number of nitrogens with one attached hydrogen (secondary N) is 1. The van der Waals surface area contributed by atoms with Crippen LogP contribution < -0.4 is 5.32 Å². The number of aromatic nitrogens is 2. The van der Waals surface area contributed by atoms with E-state index in [1.807, 2.05) is 18.2 Å². The molecule has 0 bridgehead atoms. The molecule has 4 nitrogen and oxygen atoms in total. The Bertz CT molecular complexity index is 667. The Balaban J connectivity index is 2.10. The van der Waals surface area contributed by atoms with E-state index >= 15 is 0 Å². The summed E-state index contributed by atoms with van der Waals surface area (Å²) in [5.41, 5.74) is 1.94. The average molecular weight is 340 g/mol. The van der Waals surface area contributed by atoms with E-state index < -0.39 is 0 Å². The van der Waals surface area contributed by atoms with Gasteiger partial charge in [0, 0.05) is 18.1 Å². The van der Waals surface area contributed by atoms with Crippen molar-refractivity contribution in [3.05, 3.63) is 51.3 Å². The zero-order valence-electron chi connectivity index (χ0n) is 12.7. The topological polar surface area (TPSA) is 46.9 Å². The zero-order chi connectivity index (χ0) is 16.1. The fraction of sp³-hybridized carbons (Fsp3) is 0.375. The molecule has 2 aromatic rings. The molecule has 6 heteroatoms. The van der Waals surface area contributed by atoms with E-state index in [0.717, 1.165) is 18.4 Å². The molecule has 1 amide bonds. The SMILES string of the molecule is CCCCn1nc(C)c(C(=O)NCc2ccccc2Cl)c1Cl. The molecule has 0 saturated heterocycles.